The van der Waals surface area contributed by atoms with Gasteiger partial charge in [0.25, 0.3) is 5.91 Å². The zero-order valence-electron chi connectivity index (χ0n) is 17.4. The molecule has 0 saturated carbocycles. The number of rotatable bonds is 5. The van der Waals surface area contributed by atoms with Gasteiger partial charge in [0.2, 0.25) is 0 Å². The number of aromatic nitrogens is 1. The maximum atomic E-state index is 14.0. The Morgan fingerprint density at radius 1 is 1.18 bits per heavy atom. The number of hydrogen-bond donors (Lipinski definition) is 2. The van der Waals surface area contributed by atoms with Crippen LogP contribution in [0.4, 0.5) is 9.52 Å². The fourth-order valence-electron chi connectivity index (χ4n) is 2.94. The molecule has 2 N–H and O–H groups in total. The topological polar surface area (TPSA) is 76.4 Å². The molecule has 0 spiro atoms. The molecule has 2 aromatic heterocycles. The summed E-state index contributed by atoms with van der Waals surface area (Å²) in [6.07, 6.45) is 0. The van der Waals surface area contributed by atoms with E-state index in [9.17, 15) is 9.18 Å². The molecule has 33 heavy (non-hydrogen) atoms. The van der Waals surface area contributed by atoms with Gasteiger partial charge in [-0.1, -0.05) is 23.7 Å². The van der Waals surface area contributed by atoms with E-state index in [1.807, 2.05) is 19.1 Å². The summed E-state index contributed by atoms with van der Waals surface area (Å²) in [6.45, 7) is 1.90. The van der Waals surface area contributed by atoms with Gasteiger partial charge in [-0.05, 0) is 61.1 Å². The zero-order chi connectivity index (χ0) is 23.5. The van der Waals surface area contributed by atoms with E-state index in [1.54, 1.807) is 29.6 Å². The van der Waals surface area contributed by atoms with Crippen LogP contribution in [0.5, 0.6) is 5.75 Å². The first kappa shape index (κ1) is 22.9. The van der Waals surface area contributed by atoms with Crippen LogP contribution >= 0.6 is 35.2 Å². The number of anilines is 1. The number of carbonyl (C=O) groups is 1. The number of amides is 1. The van der Waals surface area contributed by atoms with E-state index in [0.29, 0.717) is 27.2 Å². The van der Waals surface area contributed by atoms with Crippen molar-refractivity contribution in [1.82, 2.24) is 10.3 Å². The van der Waals surface area contributed by atoms with Crippen LogP contribution in [0.3, 0.4) is 0 Å². The van der Waals surface area contributed by atoms with Gasteiger partial charge in [-0.25, -0.2) is 9.37 Å². The number of aryl methyl sites for hydroxylation is 1. The van der Waals surface area contributed by atoms with E-state index >= 15 is 0 Å². The number of nitrogens with one attached hydrogen (secondary N) is 2. The van der Waals surface area contributed by atoms with Crippen molar-refractivity contribution in [2.24, 2.45) is 0 Å². The van der Waals surface area contributed by atoms with Crippen molar-refractivity contribution < 1.29 is 18.3 Å². The second-order valence-corrected chi connectivity index (χ2v) is 8.60. The van der Waals surface area contributed by atoms with Crippen molar-refractivity contribution in [1.29, 1.82) is 0 Å². The molecule has 2 heterocycles. The molecule has 0 aliphatic carbocycles. The highest BCUT2D eigenvalue weighted by Crippen LogP contribution is 2.29. The summed E-state index contributed by atoms with van der Waals surface area (Å²) in [4.78, 5) is 16.9. The molecule has 0 fully saturated rings. The lowest BCUT2D eigenvalue weighted by Gasteiger charge is -2.06. The Hall–Kier alpha value is -3.27. The summed E-state index contributed by atoms with van der Waals surface area (Å²) < 4.78 is 24.5. The van der Waals surface area contributed by atoms with E-state index in [2.05, 4.69) is 15.6 Å². The number of hydrogen-bond acceptors (Lipinski definition) is 6. The molecule has 0 bridgehead atoms. The lowest BCUT2D eigenvalue weighted by atomic mass is 10.1. The van der Waals surface area contributed by atoms with E-state index < -0.39 is 11.7 Å². The summed E-state index contributed by atoms with van der Waals surface area (Å²) in [5, 5.41) is 8.27. The van der Waals surface area contributed by atoms with Crippen molar-refractivity contribution in [2.75, 3.05) is 12.4 Å². The number of benzene rings is 2. The van der Waals surface area contributed by atoms with Crippen molar-refractivity contribution in [3.63, 3.8) is 0 Å². The molecule has 168 valence electrons. The number of nitrogens with zero attached hydrogens (tertiary/aromatic N) is 1. The van der Waals surface area contributed by atoms with Gasteiger partial charge in [0, 0.05) is 21.5 Å². The summed E-state index contributed by atoms with van der Waals surface area (Å²) >= 11 is 12.6. The van der Waals surface area contributed by atoms with Crippen LogP contribution in [0.2, 0.25) is 5.02 Å². The molecule has 4 rings (SSSR count). The van der Waals surface area contributed by atoms with Gasteiger partial charge in [0.1, 0.15) is 5.76 Å². The predicted molar refractivity (Wildman–Crippen MR) is 132 cm³/mol. The minimum Gasteiger partial charge on any atom is -0.494 e. The van der Waals surface area contributed by atoms with Gasteiger partial charge < -0.3 is 14.5 Å². The quantitative estimate of drug-likeness (QED) is 0.312. The van der Waals surface area contributed by atoms with E-state index in [4.69, 9.17) is 33.0 Å². The average Bonchev–Trinajstić information content (AvgIpc) is 3.45. The lowest BCUT2D eigenvalue weighted by Crippen LogP contribution is -2.33. The van der Waals surface area contributed by atoms with Gasteiger partial charge in [-0.2, -0.15) is 0 Å². The second-order valence-electron chi connectivity index (χ2n) is 6.92. The average molecular weight is 502 g/mol. The van der Waals surface area contributed by atoms with Gasteiger partial charge in [-0.3, -0.25) is 10.1 Å². The summed E-state index contributed by atoms with van der Waals surface area (Å²) in [6, 6.07) is 13.3. The van der Waals surface area contributed by atoms with E-state index in [0.717, 1.165) is 11.1 Å². The summed E-state index contributed by atoms with van der Waals surface area (Å²) in [5.74, 6) is -0.226. The Morgan fingerprint density at radius 3 is 2.70 bits per heavy atom. The molecule has 0 radical (unpaired) electrons. The van der Waals surface area contributed by atoms with Crippen molar-refractivity contribution >= 4 is 51.3 Å². The van der Waals surface area contributed by atoms with Crippen molar-refractivity contribution in [3.05, 3.63) is 76.1 Å². The Kier molecular flexibility index (Phi) is 6.73. The first-order valence-electron chi connectivity index (χ1n) is 9.62. The summed E-state index contributed by atoms with van der Waals surface area (Å²) in [5.41, 5.74) is 2.86. The van der Waals surface area contributed by atoms with Gasteiger partial charge >= 0.3 is 0 Å². The second kappa shape index (κ2) is 9.70. The highest BCUT2D eigenvalue weighted by Gasteiger charge is 2.15. The molecule has 1 amide bonds. The van der Waals surface area contributed by atoms with Crippen LogP contribution in [-0.2, 0) is 0 Å². The monoisotopic (exact) mass is 501 g/mol. The highest BCUT2D eigenvalue weighted by atomic mass is 35.5. The number of methoxy groups -OCH3 is 1. The lowest BCUT2D eigenvalue weighted by molar-refractivity contribution is 0.0951. The molecule has 0 atom stereocenters. The third-order valence-electron chi connectivity index (χ3n) is 4.69. The van der Waals surface area contributed by atoms with E-state index in [-0.39, 0.29) is 16.6 Å². The molecule has 2 aromatic carbocycles. The third-order valence-corrected chi connectivity index (χ3v) is 6.05. The molecule has 0 aliphatic rings. The van der Waals surface area contributed by atoms with Gasteiger partial charge in [0.05, 0.1) is 12.8 Å². The fourth-order valence-corrected chi connectivity index (χ4v) is 4.10. The number of thiazole rings is 1. The Morgan fingerprint density at radius 2 is 1.97 bits per heavy atom. The number of halogens is 2. The van der Waals surface area contributed by atoms with Crippen LogP contribution in [0.1, 0.15) is 16.1 Å². The van der Waals surface area contributed by atoms with Gasteiger partial charge in [-0.15, -0.1) is 11.3 Å². The Labute approximate surface area is 203 Å². The highest BCUT2D eigenvalue weighted by molar-refractivity contribution is 7.80. The molecule has 4 aromatic rings. The number of ether oxygens (including phenoxy) is 1. The Bertz CT molecular complexity index is 1350. The van der Waals surface area contributed by atoms with Gasteiger partial charge in [0.15, 0.2) is 27.6 Å². The standard InChI is InChI=1S/C23H17ClFN3O3S2/c1-12-3-4-14(9-15(12)24)18-7-8-20(31-18)21(29)27-22(32)28-23-26-17(11-33-23)13-5-6-19(30-2)16(25)10-13/h3-11H,1-2H3,(H2,26,27,28,29,32). The van der Waals surface area contributed by atoms with Crippen LogP contribution in [-0.4, -0.2) is 23.1 Å². The smallest absolute Gasteiger partial charge is 0.293 e. The van der Waals surface area contributed by atoms with Crippen molar-refractivity contribution in [2.45, 2.75) is 6.92 Å². The molecule has 0 unspecified atom stereocenters. The molecule has 0 saturated heterocycles. The molecule has 0 aliphatic heterocycles. The maximum Gasteiger partial charge on any atom is 0.293 e. The Balaban J connectivity index is 1.39. The largest absolute Gasteiger partial charge is 0.494 e. The minimum absolute atomic E-state index is 0.0538. The molecule has 6 nitrogen and oxygen atoms in total. The molecule has 10 heteroatoms. The number of thiocarbonyl (C=S) groups is 1. The first-order chi connectivity index (χ1) is 15.8. The predicted octanol–water partition coefficient (Wildman–Crippen LogP) is 6.31. The van der Waals surface area contributed by atoms with Crippen molar-refractivity contribution in [3.8, 4) is 28.3 Å². The van der Waals surface area contributed by atoms with Crippen LogP contribution in [0, 0.1) is 12.7 Å². The van der Waals surface area contributed by atoms with E-state index in [1.165, 1.54) is 30.6 Å². The fraction of sp³-hybridized carbons (Fsp3) is 0.0870. The molecular formula is C23H17ClFN3O3S2. The number of furan rings is 1. The third kappa shape index (κ3) is 5.22. The van der Waals surface area contributed by atoms with Crippen LogP contribution in [0.25, 0.3) is 22.6 Å². The maximum absolute atomic E-state index is 14.0. The minimum atomic E-state index is -0.508. The van der Waals surface area contributed by atoms with Crippen LogP contribution in [0.15, 0.2) is 58.3 Å². The first-order valence-corrected chi connectivity index (χ1v) is 11.3. The van der Waals surface area contributed by atoms with Crippen LogP contribution < -0.4 is 15.4 Å². The normalized spacial score (nSPS) is 10.7. The molecular weight excluding hydrogens is 485 g/mol. The number of carbonyl (C=O) groups excluding carboxylic acids is 1. The SMILES string of the molecule is COc1ccc(-c2csc(NC(=S)NC(=O)c3ccc(-c4ccc(C)c(Cl)c4)o3)n2)cc1F. The summed E-state index contributed by atoms with van der Waals surface area (Å²) in [7, 11) is 1.40. The zero-order valence-corrected chi connectivity index (χ0v) is 19.8.